The van der Waals surface area contributed by atoms with Crippen LogP contribution in [-0.2, 0) is 21.5 Å². The second-order valence-corrected chi connectivity index (χ2v) is 8.51. The molecule has 2 aromatic carbocycles. The van der Waals surface area contributed by atoms with Crippen molar-refractivity contribution in [1.29, 1.82) is 0 Å². The molecular weight excluding hydrogens is 412 g/mol. The van der Waals surface area contributed by atoms with Crippen molar-refractivity contribution in [3.8, 4) is 28.7 Å². The lowest BCUT2D eigenvalue weighted by Gasteiger charge is -2.42. The number of rotatable bonds is 1. The molecule has 6 rings (SSSR count). The number of aromatic hydroxyl groups is 3. The SMILES string of the molecule is C[C@]12OC[C@H](O1)C1(O)Oc3cc(O)c4c(c3C12O)OC(c1ccc(O)c(O)c1)C(O)C4. The Morgan fingerprint density at radius 3 is 2.55 bits per heavy atom. The normalized spacial score (nSPS) is 39.4. The molecule has 31 heavy (non-hydrogen) atoms. The van der Waals surface area contributed by atoms with Gasteiger partial charge in [0.1, 0.15) is 23.4 Å². The van der Waals surface area contributed by atoms with E-state index in [0.717, 1.165) is 0 Å². The van der Waals surface area contributed by atoms with Gasteiger partial charge in [-0.05, 0) is 24.6 Å². The Hall–Kier alpha value is -2.76. The lowest BCUT2D eigenvalue weighted by Crippen LogP contribution is -2.64. The van der Waals surface area contributed by atoms with E-state index in [1.807, 2.05) is 0 Å². The zero-order valence-corrected chi connectivity index (χ0v) is 16.3. The smallest absolute Gasteiger partial charge is 0.276 e. The van der Waals surface area contributed by atoms with Gasteiger partial charge >= 0.3 is 0 Å². The molecule has 2 fully saturated rings. The predicted molar refractivity (Wildman–Crippen MR) is 99.7 cm³/mol. The maximum atomic E-state index is 11.7. The minimum Gasteiger partial charge on any atom is -0.507 e. The van der Waals surface area contributed by atoms with Crippen molar-refractivity contribution in [2.24, 2.45) is 0 Å². The lowest BCUT2D eigenvalue weighted by molar-refractivity contribution is -0.313. The van der Waals surface area contributed by atoms with Gasteiger partial charge in [0.2, 0.25) is 11.4 Å². The highest BCUT2D eigenvalue weighted by atomic mass is 16.8. The van der Waals surface area contributed by atoms with Gasteiger partial charge in [0.15, 0.2) is 17.6 Å². The molecule has 6 N–H and O–H groups in total. The minimum absolute atomic E-state index is 0.00640. The van der Waals surface area contributed by atoms with Gasteiger partial charge in [0.25, 0.3) is 5.79 Å². The van der Waals surface area contributed by atoms with E-state index in [1.165, 1.54) is 31.2 Å². The zero-order valence-electron chi connectivity index (χ0n) is 16.3. The molecule has 2 bridgehead atoms. The van der Waals surface area contributed by atoms with Crippen molar-refractivity contribution in [2.45, 2.75) is 48.8 Å². The molecule has 2 aromatic rings. The van der Waals surface area contributed by atoms with E-state index in [0.29, 0.717) is 5.56 Å². The highest BCUT2D eigenvalue weighted by molar-refractivity contribution is 5.64. The molecule has 4 unspecified atom stereocenters. The summed E-state index contributed by atoms with van der Waals surface area (Å²) in [6.07, 6.45) is -3.13. The third-order valence-electron chi connectivity index (χ3n) is 6.78. The van der Waals surface area contributed by atoms with Gasteiger partial charge in [0.05, 0.1) is 18.3 Å². The molecule has 0 spiro atoms. The lowest BCUT2D eigenvalue weighted by atomic mass is 9.77. The summed E-state index contributed by atoms with van der Waals surface area (Å²) in [5, 5.41) is 63.6. The number of phenols is 3. The molecule has 0 aliphatic carbocycles. The van der Waals surface area contributed by atoms with Gasteiger partial charge in [-0.3, -0.25) is 0 Å². The van der Waals surface area contributed by atoms with Gasteiger partial charge in [-0.2, -0.15) is 0 Å². The summed E-state index contributed by atoms with van der Waals surface area (Å²) in [6, 6.07) is 5.25. The number of ether oxygens (including phenoxy) is 4. The van der Waals surface area contributed by atoms with Crippen LogP contribution in [0.25, 0.3) is 0 Å². The highest BCUT2D eigenvalue weighted by Gasteiger charge is 2.83. The van der Waals surface area contributed by atoms with Crippen LogP contribution < -0.4 is 9.47 Å². The zero-order chi connectivity index (χ0) is 21.9. The van der Waals surface area contributed by atoms with Crippen molar-refractivity contribution in [3.63, 3.8) is 0 Å². The fraction of sp³-hybridized carbons (Fsp3) is 0.429. The monoisotopic (exact) mass is 432 g/mol. The Balaban J connectivity index is 1.53. The van der Waals surface area contributed by atoms with E-state index >= 15 is 0 Å². The Labute approximate surface area is 175 Å². The van der Waals surface area contributed by atoms with Gasteiger partial charge in [-0.1, -0.05) is 6.07 Å². The number of aliphatic hydroxyl groups is 3. The van der Waals surface area contributed by atoms with E-state index < -0.39 is 35.5 Å². The first-order valence-corrected chi connectivity index (χ1v) is 9.80. The van der Waals surface area contributed by atoms with E-state index in [1.54, 1.807) is 0 Å². The average molecular weight is 432 g/mol. The molecular formula is C21H20O10. The summed E-state index contributed by atoms with van der Waals surface area (Å²) in [6.45, 7) is 1.49. The third kappa shape index (κ3) is 2.04. The van der Waals surface area contributed by atoms with Crippen LogP contribution in [0.5, 0.6) is 28.7 Å². The molecule has 0 amide bonds. The number of hydrogen-bond donors (Lipinski definition) is 6. The van der Waals surface area contributed by atoms with Crippen LogP contribution in [0.3, 0.4) is 0 Å². The molecule has 10 nitrogen and oxygen atoms in total. The fourth-order valence-electron chi connectivity index (χ4n) is 5.17. The second-order valence-electron chi connectivity index (χ2n) is 8.51. The first-order valence-electron chi connectivity index (χ1n) is 9.80. The quantitative estimate of drug-likeness (QED) is 0.345. The molecule has 6 atom stereocenters. The highest BCUT2D eigenvalue weighted by Crippen LogP contribution is 2.67. The molecule has 10 heteroatoms. The molecule has 4 aliphatic heterocycles. The van der Waals surface area contributed by atoms with Crippen molar-refractivity contribution in [1.82, 2.24) is 0 Å². The van der Waals surface area contributed by atoms with E-state index in [2.05, 4.69) is 0 Å². The summed E-state index contributed by atoms with van der Waals surface area (Å²) in [4.78, 5) is 0. The van der Waals surface area contributed by atoms with Crippen LogP contribution in [0, 0.1) is 0 Å². The number of phenolic OH excluding ortho intramolecular Hbond substituents is 3. The Morgan fingerprint density at radius 1 is 1.03 bits per heavy atom. The van der Waals surface area contributed by atoms with Gasteiger partial charge in [-0.25, -0.2) is 0 Å². The Bertz CT molecular complexity index is 1130. The van der Waals surface area contributed by atoms with E-state index in [9.17, 15) is 30.6 Å². The van der Waals surface area contributed by atoms with Crippen molar-refractivity contribution < 1.29 is 49.6 Å². The van der Waals surface area contributed by atoms with Crippen LogP contribution in [-0.4, -0.2) is 61.0 Å². The maximum absolute atomic E-state index is 11.7. The second kappa shape index (κ2) is 5.53. The predicted octanol–water partition coefficient (Wildman–Crippen LogP) is 0.254. The third-order valence-corrected chi connectivity index (χ3v) is 6.78. The van der Waals surface area contributed by atoms with Crippen LogP contribution >= 0.6 is 0 Å². The number of fused-ring (bicyclic) bond motifs is 9. The summed E-state index contributed by atoms with van der Waals surface area (Å²) in [7, 11) is 0. The number of aliphatic hydroxyl groups excluding tert-OH is 1. The maximum Gasteiger partial charge on any atom is 0.276 e. The van der Waals surface area contributed by atoms with Crippen molar-refractivity contribution in [2.75, 3.05) is 6.61 Å². The summed E-state index contributed by atoms with van der Waals surface area (Å²) >= 11 is 0. The molecule has 4 heterocycles. The summed E-state index contributed by atoms with van der Waals surface area (Å²) < 4.78 is 23.1. The van der Waals surface area contributed by atoms with Crippen molar-refractivity contribution in [3.05, 3.63) is 41.0 Å². The van der Waals surface area contributed by atoms with Gasteiger partial charge < -0.3 is 49.6 Å². The first-order chi connectivity index (χ1) is 14.6. The molecule has 2 saturated heterocycles. The molecule has 0 radical (unpaired) electrons. The average Bonchev–Trinajstić information content (AvgIpc) is 3.28. The largest absolute Gasteiger partial charge is 0.507 e. The molecule has 164 valence electrons. The Morgan fingerprint density at radius 2 is 1.81 bits per heavy atom. The number of benzene rings is 2. The van der Waals surface area contributed by atoms with E-state index in [-0.39, 0.29) is 52.9 Å². The fourth-order valence-corrected chi connectivity index (χ4v) is 5.17. The molecule has 0 saturated carbocycles. The minimum atomic E-state index is -2.17. The van der Waals surface area contributed by atoms with Crippen LogP contribution in [0.15, 0.2) is 24.3 Å². The van der Waals surface area contributed by atoms with Crippen LogP contribution in [0.1, 0.15) is 29.7 Å². The molecule has 4 aliphatic rings. The van der Waals surface area contributed by atoms with Gasteiger partial charge in [0, 0.05) is 18.1 Å². The standard InChI is InChI=1S/C21H20O10/c1-19-20(26)16-14(30-21(20,27)15(31-19)7-28-19)6-11(23)9-5-13(25)17(29-18(9)16)8-2-3-10(22)12(24)4-8/h2-4,6,13,15,17,22-27H,5,7H2,1H3/t13?,15-,17?,19-,20?,21?/m0/s1. The summed E-state index contributed by atoms with van der Waals surface area (Å²) in [5.41, 5.74) is -1.54. The number of hydrogen-bond acceptors (Lipinski definition) is 10. The molecule has 0 aromatic heterocycles. The van der Waals surface area contributed by atoms with Crippen LogP contribution in [0.2, 0.25) is 0 Å². The summed E-state index contributed by atoms with van der Waals surface area (Å²) in [5.74, 6) is -4.70. The van der Waals surface area contributed by atoms with Gasteiger partial charge in [-0.15, -0.1) is 0 Å². The van der Waals surface area contributed by atoms with Crippen LogP contribution in [0.4, 0.5) is 0 Å². The topological polar surface area (TPSA) is 158 Å². The van der Waals surface area contributed by atoms with E-state index in [4.69, 9.17) is 18.9 Å². The Kier molecular flexibility index (Phi) is 3.38. The van der Waals surface area contributed by atoms with Crippen molar-refractivity contribution >= 4 is 0 Å². The first kappa shape index (κ1) is 19.0.